The smallest absolute Gasteiger partial charge is 0.305 e. The van der Waals surface area contributed by atoms with Crippen LogP contribution in [-0.2, 0) is 16.6 Å². The summed E-state index contributed by atoms with van der Waals surface area (Å²) in [5.74, 6) is 0. The highest BCUT2D eigenvalue weighted by atomic mass is 32.2. The number of nitrogens with one attached hydrogen (secondary N) is 1. The maximum absolute atomic E-state index is 12.6. The van der Waals surface area contributed by atoms with Crippen LogP contribution in [0.1, 0.15) is 5.56 Å². The van der Waals surface area contributed by atoms with Gasteiger partial charge in [0.05, 0.1) is 15.1 Å². The van der Waals surface area contributed by atoms with Crippen molar-refractivity contribution in [2.45, 2.75) is 11.4 Å². The minimum atomic E-state index is -3.60. The third-order valence-electron chi connectivity index (χ3n) is 3.35. The van der Waals surface area contributed by atoms with Gasteiger partial charge in [-0.15, -0.1) is 0 Å². The number of hydrogen-bond donors (Lipinski definition) is 1. The molecule has 0 aliphatic heterocycles. The Morgan fingerprint density at radius 2 is 1.86 bits per heavy atom. The molecule has 22 heavy (non-hydrogen) atoms. The van der Waals surface area contributed by atoms with Gasteiger partial charge in [-0.25, -0.2) is 8.42 Å². The second kappa shape index (κ2) is 5.68. The quantitative estimate of drug-likeness (QED) is 0.796. The summed E-state index contributed by atoms with van der Waals surface area (Å²) in [6.45, 7) is 0.296. The van der Waals surface area contributed by atoms with E-state index in [1.807, 2.05) is 30.3 Å². The van der Waals surface area contributed by atoms with E-state index in [-0.39, 0.29) is 9.77 Å². The molecule has 0 amide bonds. The van der Waals surface area contributed by atoms with Crippen molar-refractivity contribution in [2.24, 2.45) is 0 Å². The zero-order valence-corrected chi connectivity index (χ0v) is 13.4. The van der Waals surface area contributed by atoms with Crippen molar-refractivity contribution in [1.29, 1.82) is 0 Å². The number of fused-ring (bicyclic) bond motifs is 1. The lowest BCUT2D eigenvalue weighted by Crippen LogP contribution is -2.26. The molecule has 0 radical (unpaired) electrons. The fraction of sp³-hybridized carbons (Fsp3) is 0.133. The molecule has 1 heterocycles. The van der Waals surface area contributed by atoms with Gasteiger partial charge in [0.2, 0.25) is 10.0 Å². The van der Waals surface area contributed by atoms with Crippen LogP contribution in [0.4, 0.5) is 0 Å². The maximum atomic E-state index is 12.6. The molecule has 0 bridgehead atoms. The van der Waals surface area contributed by atoms with Crippen LogP contribution >= 0.6 is 11.3 Å². The first-order chi connectivity index (χ1) is 10.5. The minimum absolute atomic E-state index is 0.189. The number of thiazole rings is 1. The number of hydrogen-bond acceptors (Lipinski definition) is 4. The van der Waals surface area contributed by atoms with Gasteiger partial charge in [0.15, 0.2) is 0 Å². The fourth-order valence-corrected chi connectivity index (χ4v) is 4.23. The highest BCUT2D eigenvalue weighted by molar-refractivity contribution is 7.89. The van der Waals surface area contributed by atoms with Crippen molar-refractivity contribution < 1.29 is 8.42 Å². The third-order valence-corrected chi connectivity index (χ3v) is 5.99. The van der Waals surface area contributed by atoms with E-state index in [0.717, 1.165) is 16.9 Å². The lowest BCUT2D eigenvalue weighted by molar-refractivity contribution is 0.467. The molecule has 0 saturated carbocycles. The molecule has 0 fully saturated rings. The van der Waals surface area contributed by atoms with Gasteiger partial charge in [0.1, 0.15) is 0 Å². The molecule has 0 unspecified atom stereocenters. The van der Waals surface area contributed by atoms with Crippen molar-refractivity contribution in [2.75, 3.05) is 7.05 Å². The zero-order valence-electron chi connectivity index (χ0n) is 11.8. The second-order valence-electron chi connectivity index (χ2n) is 4.92. The van der Waals surface area contributed by atoms with Gasteiger partial charge in [0.25, 0.3) is 0 Å². The largest absolute Gasteiger partial charge is 0.312 e. The topological polar surface area (TPSA) is 70.2 Å². The molecule has 1 aromatic heterocycles. The van der Waals surface area contributed by atoms with Crippen molar-refractivity contribution in [3.63, 3.8) is 0 Å². The molecule has 7 heteroatoms. The number of aromatic amines is 1. The maximum Gasteiger partial charge on any atom is 0.305 e. The Bertz CT molecular complexity index is 959. The number of aromatic nitrogens is 1. The molecular weight excluding hydrogens is 320 g/mol. The van der Waals surface area contributed by atoms with Crippen LogP contribution in [0.2, 0.25) is 0 Å². The first-order valence-corrected chi connectivity index (χ1v) is 8.85. The molecule has 1 N–H and O–H groups in total. The average Bonchev–Trinajstić information content (AvgIpc) is 2.87. The van der Waals surface area contributed by atoms with Crippen molar-refractivity contribution in [3.8, 4) is 0 Å². The summed E-state index contributed by atoms with van der Waals surface area (Å²) >= 11 is 1.00. The van der Waals surface area contributed by atoms with E-state index in [0.29, 0.717) is 16.8 Å². The number of H-pyrrole nitrogens is 1. The predicted molar refractivity (Wildman–Crippen MR) is 87.5 cm³/mol. The molecule has 0 saturated heterocycles. The highest BCUT2D eigenvalue weighted by Gasteiger charge is 2.21. The Labute approximate surface area is 131 Å². The summed E-state index contributed by atoms with van der Waals surface area (Å²) in [4.78, 5) is 14.0. The van der Waals surface area contributed by atoms with Crippen LogP contribution < -0.4 is 4.87 Å². The fourth-order valence-electron chi connectivity index (χ4n) is 2.19. The van der Waals surface area contributed by atoms with E-state index in [1.165, 1.54) is 16.4 Å². The van der Waals surface area contributed by atoms with Crippen molar-refractivity contribution in [3.05, 3.63) is 63.8 Å². The first kappa shape index (κ1) is 15.0. The molecule has 0 aliphatic carbocycles. The normalized spacial score (nSPS) is 12.1. The van der Waals surface area contributed by atoms with Crippen LogP contribution in [0.15, 0.2) is 58.2 Å². The number of rotatable bonds is 4. The first-order valence-electron chi connectivity index (χ1n) is 6.60. The molecule has 114 valence electrons. The SMILES string of the molecule is CN(Cc1ccccc1)S(=O)(=O)c1ccc2[nH]c(=O)sc2c1. The Hall–Kier alpha value is -1.96. The molecule has 0 atom stereocenters. The summed E-state index contributed by atoms with van der Waals surface area (Å²) in [5, 5.41) is 0. The molecule has 0 aliphatic rings. The van der Waals surface area contributed by atoms with E-state index < -0.39 is 10.0 Å². The summed E-state index contributed by atoms with van der Waals surface area (Å²) in [7, 11) is -2.05. The van der Waals surface area contributed by atoms with Gasteiger partial charge in [-0.2, -0.15) is 4.31 Å². The van der Waals surface area contributed by atoms with Crippen molar-refractivity contribution >= 4 is 31.6 Å². The van der Waals surface area contributed by atoms with Gasteiger partial charge in [-0.05, 0) is 23.8 Å². The van der Waals surface area contributed by atoms with Crippen LogP contribution in [-0.4, -0.2) is 24.8 Å². The van der Waals surface area contributed by atoms with E-state index in [2.05, 4.69) is 4.98 Å². The zero-order chi connectivity index (χ0) is 15.7. The van der Waals surface area contributed by atoms with Crippen molar-refractivity contribution in [1.82, 2.24) is 9.29 Å². The van der Waals surface area contributed by atoms with Crippen LogP contribution in [0, 0.1) is 0 Å². The monoisotopic (exact) mass is 334 g/mol. The Morgan fingerprint density at radius 3 is 2.59 bits per heavy atom. The summed E-state index contributed by atoms with van der Waals surface area (Å²) in [6, 6.07) is 14.1. The lowest BCUT2D eigenvalue weighted by Gasteiger charge is -2.17. The Kier molecular flexibility index (Phi) is 3.86. The second-order valence-corrected chi connectivity index (χ2v) is 7.98. The van der Waals surface area contributed by atoms with Gasteiger partial charge >= 0.3 is 4.87 Å². The average molecular weight is 334 g/mol. The van der Waals surface area contributed by atoms with Gasteiger partial charge < -0.3 is 4.98 Å². The highest BCUT2D eigenvalue weighted by Crippen LogP contribution is 2.22. The lowest BCUT2D eigenvalue weighted by atomic mass is 10.2. The van der Waals surface area contributed by atoms with Gasteiger partial charge in [-0.3, -0.25) is 4.79 Å². The molecule has 3 rings (SSSR count). The molecule has 0 spiro atoms. The summed E-state index contributed by atoms with van der Waals surface area (Å²) in [5.41, 5.74) is 1.57. The van der Waals surface area contributed by atoms with Crippen LogP contribution in [0.5, 0.6) is 0 Å². The van der Waals surface area contributed by atoms with E-state index >= 15 is 0 Å². The van der Waals surface area contributed by atoms with Gasteiger partial charge in [-0.1, -0.05) is 41.7 Å². The standard InChI is InChI=1S/C15H14N2O3S2/c1-17(10-11-5-3-2-4-6-11)22(19,20)12-7-8-13-14(9-12)21-15(18)16-13/h2-9H,10H2,1H3,(H,16,18). The molecule has 2 aromatic carbocycles. The minimum Gasteiger partial charge on any atom is -0.312 e. The number of sulfonamides is 1. The van der Waals surface area contributed by atoms with E-state index in [1.54, 1.807) is 13.1 Å². The predicted octanol–water partition coefficient (Wildman–Crippen LogP) is 2.41. The third kappa shape index (κ3) is 2.83. The summed E-state index contributed by atoms with van der Waals surface area (Å²) in [6.07, 6.45) is 0. The summed E-state index contributed by atoms with van der Waals surface area (Å²) < 4.78 is 27.2. The van der Waals surface area contributed by atoms with Crippen LogP contribution in [0.25, 0.3) is 10.2 Å². The Morgan fingerprint density at radius 1 is 1.14 bits per heavy atom. The Balaban J connectivity index is 1.94. The number of benzene rings is 2. The number of nitrogens with zero attached hydrogens (tertiary/aromatic N) is 1. The van der Waals surface area contributed by atoms with Crippen LogP contribution in [0.3, 0.4) is 0 Å². The molecular formula is C15H14N2O3S2. The van der Waals surface area contributed by atoms with E-state index in [4.69, 9.17) is 0 Å². The van der Waals surface area contributed by atoms with E-state index in [9.17, 15) is 13.2 Å². The van der Waals surface area contributed by atoms with Gasteiger partial charge in [0, 0.05) is 13.6 Å². The molecule has 5 nitrogen and oxygen atoms in total. The molecule has 3 aromatic rings.